The summed E-state index contributed by atoms with van der Waals surface area (Å²) < 4.78 is 5.46. The molecule has 5 heteroatoms. The average molecular weight is 361 g/mol. The van der Waals surface area contributed by atoms with Crippen LogP contribution >= 0.6 is 0 Å². The highest BCUT2D eigenvalue weighted by atomic mass is 16.5. The van der Waals surface area contributed by atoms with Crippen molar-refractivity contribution < 1.29 is 4.74 Å². The van der Waals surface area contributed by atoms with Crippen LogP contribution in [0.4, 0.5) is 11.4 Å². The van der Waals surface area contributed by atoms with Gasteiger partial charge in [-0.3, -0.25) is 9.80 Å². The summed E-state index contributed by atoms with van der Waals surface area (Å²) in [6, 6.07) is 6.22. The van der Waals surface area contributed by atoms with E-state index in [1.807, 2.05) is 0 Å². The maximum atomic E-state index is 6.11. The first-order valence-electron chi connectivity index (χ1n) is 10.1. The molecule has 0 spiro atoms. The van der Waals surface area contributed by atoms with Crippen molar-refractivity contribution in [3.63, 3.8) is 0 Å². The Morgan fingerprint density at radius 1 is 1.12 bits per heavy atom. The number of piperazine rings is 1. The molecule has 146 valence electrons. The van der Waals surface area contributed by atoms with Gasteiger partial charge >= 0.3 is 0 Å². The zero-order valence-corrected chi connectivity index (χ0v) is 17.2. The summed E-state index contributed by atoms with van der Waals surface area (Å²) in [5.41, 5.74) is 9.47. The van der Waals surface area contributed by atoms with E-state index in [9.17, 15) is 0 Å². The van der Waals surface area contributed by atoms with Crippen LogP contribution in [0.15, 0.2) is 12.1 Å². The smallest absolute Gasteiger partial charge is 0.143 e. The molecule has 0 radical (unpaired) electrons. The van der Waals surface area contributed by atoms with E-state index in [1.165, 1.54) is 37.2 Å². The SMILES string of the molecule is CCc1cc(N)c(OC)cc1N1CCC(N2C[C@@H](C)N(C)[C@@H](C)C2)CC1. The molecule has 2 N–H and O–H groups in total. The van der Waals surface area contributed by atoms with Gasteiger partial charge in [-0.25, -0.2) is 0 Å². The summed E-state index contributed by atoms with van der Waals surface area (Å²) in [6.45, 7) is 11.5. The van der Waals surface area contributed by atoms with Crippen molar-refractivity contribution in [3.8, 4) is 5.75 Å². The van der Waals surface area contributed by atoms with Crippen molar-refractivity contribution in [1.82, 2.24) is 9.80 Å². The first-order chi connectivity index (χ1) is 12.4. The third kappa shape index (κ3) is 3.79. The second-order valence-corrected chi connectivity index (χ2v) is 8.11. The number of aryl methyl sites for hydroxylation is 1. The Morgan fingerprint density at radius 3 is 2.27 bits per heavy atom. The van der Waals surface area contributed by atoms with Gasteiger partial charge in [0, 0.05) is 56.1 Å². The first kappa shape index (κ1) is 19.3. The molecule has 0 unspecified atom stereocenters. The van der Waals surface area contributed by atoms with Crippen LogP contribution in [0.3, 0.4) is 0 Å². The number of hydrogen-bond donors (Lipinski definition) is 1. The van der Waals surface area contributed by atoms with Crippen molar-refractivity contribution in [2.24, 2.45) is 0 Å². The Kier molecular flexibility index (Phi) is 5.98. The molecule has 2 heterocycles. The van der Waals surface area contributed by atoms with Crippen LogP contribution in [0.1, 0.15) is 39.2 Å². The van der Waals surface area contributed by atoms with Crippen LogP contribution in [0.2, 0.25) is 0 Å². The van der Waals surface area contributed by atoms with Crippen molar-refractivity contribution in [3.05, 3.63) is 17.7 Å². The summed E-state index contributed by atoms with van der Waals surface area (Å²) in [5, 5.41) is 0. The van der Waals surface area contributed by atoms with E-state index in [0.29, 0.717) is 18.1 Å². The zero-order chi connectivity index (χ0) is 18.8. The minimum Gasteiger partial charge on any atom is -0.495 e. The van der Waals surface area contributed by atoms with Gasteiger partial charge in [-0.05, 0) is 51.8 Å². The molecular weight excluding hydrogens is 324 g/mol. The van der Waals surface area contributed by atoms with Crippen molar-refractivity contribution in [2.75, 3.05) is 51.0 Å². The molecular formula is C21H36N4O. The highest BCUT2D eigenvalue weighted by molar-refractivity contribution is 5.67. The van der Waals surface area contributed by atoms with E-state index in [2.05, 4.69) is 54.7 Å². The lowest BCUT2D eigenvalue weighted by Gasteiger charge is -2.48. The van der Waals surface area contributed by atoms with Gasteiger partial charge in [-0.2, -0.15) is 0 Å². The fourth-order valence-electron chi connectivity index (χ4n) is 4.60. The molecule has 26 heavy (non-hydrogen) atoms. The molecule has 2 aliphatic rings. The van der Waals surface area contributed by atoms with Crippen LogP contribution in [-0.2, 0) is 6.42 Å². The first-order valence-corrected chi connectivity index (χ1v) is 10.1. The van der Waals surface area contributed by atoms with Gasteiger partial charge in [0.1, 0.15) is 5.75 Å². The van der Waals surface area contributed by atoms with Gasteiger partial charge < -0.3 is 15.4 Å². The maximum Gasteiger partial charge on any atom is 0.143 e. The quantitative estimate of drug-likeness (QED) is 0.837. The van der Waals surface area contributed by atoms with E-state index >= 15 is 0 Å². The molecule has 2 atom stereocenters. The molecule has 0 aromatic heterocycles. The van der Waals surface area contributed by atoms with Crippen LogP contribution in [0.25, 0.3) is 0 Å². The van der Waals surface area contributed by atoms with Crippen molar-refractivity contribution in [1.29, 1.82) is 0 Å². The Hall–Kier alpha value is -1.46. The third-order valence-electron chi connectivity index (χ3n) is 6.52. The molecule has 0 saturated carbocycles. The largest absolute Gasteiger partial charge is 0.495 e. The van der Waals surface area contributed by atoms with E-state index in [1.54, 1.807) is 7.11 Å². The van der Waals surface area contributed by atoms with Crippen molar-refractivity contribution >= 4 is 11.4 Å². The average Bonchev–Trinajstić information content (AvgIpc) is 2.65. The predicted octanol–water partition coefficient (Wildman–Crippen LogP) is 2.83. The topological polar surface area (TPSA) is 45.0 Å². The molecule has 2 aliphatic heterocycles. The van der Waals surface area contributed by atoms with Gasteiger partial charge in [-0.1, -0.05) is 6.92 Å². The van der Waals surface area contributed by atoms with Gasteiger partial charge in [0.2, 0.25) is 0 Å². The monoisotopic (exact) mass is 360 g/mol. The van der Waals surface area contributed by atoms with Crippen LogP contribution in [-0.4, -0.2) is 68.3 Å². The van der Waals surface area contributed by atoms with Crippen LogP contribution < -0.4 is 15.4 Å². The highest BCUT2D eigenvalue weighted by Gasteiger charge is 2.32. The van der Waals surface area contributed by atoms with Crippen LogP contribution in [0.5, 0.6) is 5.75 Å². The molecule has 3 rings (SSSR count). The summed E-state index contributed by atoms with van der Waals surface area (Å²) in [7, 11) is 3.96. The summed E-state index contributed by atoms with van der Waals surface area (Å²) in [4.78, 5) is 7.77. The predicted molar refractivity (Wildman–Crippen MR) is 110 cm³/mol. The van der Waals surface area contributed by atoms with Gasteiger partial charge in [0.15, 0.2) is 0 Å². The van der Waals surface area contributed by atoms with Gasteiger partial charge in [0.25, 0.3) is 0 Å². The third-order valence-corrected chi connectivity index (χ3v) is 6.52. The summed E-state index contributed by atoms with van der Waals surface area (Å²) in [5.74, 6) is 0.793. The lowest BCUT2D eigenvalue weighted by Crippen LogP contribution is -2.59. The Bertz CT molecular complexity index is 600. The standard InChI is InChI=1S/C21H36N4O/c1-6-17-11-19(22)21(26-5)12-20(17)24-9-7-18(8-10-24)25-13-15(2)23(4)16(3)14-25/h11-12,15-16,18H,6-10,13-14,22H2,1-5H3/t15-,16+. The Labute approximate surface area is 159 Å². The Morgan fingerprint density at radius 2 is 1.73 bits per heavy atom. The molecule has 1 aromatic carbocycles. The number of benzene rings is 1. The summed E-state index contributed by atoms with van der Waals surface area (Å²) >= 11 is 0. The normalized spacial score (nSPS) is 26.3. The number of ether oxygens (including phenoxy) is 1. The van der Waals surface area contributed by atoms with E-state index in [-0.39, 0.29) is 0 Å². The number of nitrogens with zero attached hydrogens (tertiary/aromatic N) is 3. The number of methoxy groups -OCH3 is 1. The van der Waals surface area contributed by atoms with Crippen molar-refractivity contribution in [2.45, 2.75) is 58.2 Å². The molecule has 0 aliphatic carbocycles. The minimum atomic E-state index is 0.643. The number of hydrogen-bond acceptors (Lipinski definition) is 5. The molecule has 1 aromatic rings. The number of piperidine rings is 1. The number of anilines is 2. The van der Waals surface area contributed by atoms with E-state index in [4.69, 9.17) is 10.5 Å². The number of nitrogen functional groups attached to an aromatic ring is 1. The lowest BCUT2D eigenvalue weighted by molar-refractivity contribution is 0.0270. The molecule has 0 bridgehead atoms. The van der Waals surface area contributed by atoms with Gasteiger partial charge in [-0.15, -0.1) is 0 Å². The summed E-state index contributed by atoms with van der Waals surface area (Å²) in [6.07, 6.45) is 3.47. The number of likely N-dealkylation sites (N-methyl/N-ethyl adjacent to an activating group) is 1. The molecule has 2 fully saturated rings. The minimum absolute atomic E-state index is 0.643. The molecule has 0 amide bonds. The number of nitrogens with two attached hydrogens (primary N) is 1. The highest BCUT2D eigenvalue weighted by Crippen LogP contribution is 2.34. The molecule has 5 nitrogen and oxygen atoms in total. The van der Waals surface area contributed by atoms with E-state index < -0.39 is 0 Å². The fraction of sp³-hybridized carbons (Fsp3) is 0.714. The fourth-order valence-corrected chi connectivity index (χ4v) is 4.60. The second kappa shape index (κ2) is 8.05. The van der Waals surface area contributed by atoms with Crippen LogP contribution in [0, 0.1) is 0 Å². The zero-order valence-electron chi connectivity index (χ0n) is 17.2. The maximum absolute atomic E-state index is 6.11. The Balaban J connectivity index is 1.67. The lowest BCUT2D eigenvalue weighted by atomic mass is 9.97. The number of rotatable bonds is 4. The molecule has 2 saturated heterocycles. The second-order valence-electron chi connectivity index (χ2n) is 8.11. The van der Waals surface area contributed by atoms with E-state index in [0.717, 1.165) is 30.9 Å². The van der Waals surface area contributed by atoms with Gasteiger partial charge in [0.05, 0.1) is 12.8 Å².